The Kier molecular flexibility index (Phi) is 5.66. The molecule has 0 fully saturated rings. The van der Waals surface area contributed by atoms with Gasteiger partial charge in [-0.2, -0.15) is 0 Å². The van der Waals surface area contributed by atoms with E-state index in [1.54, 1.807) is 37.5 Å². The van der Waals surface area contributed by atoms with Crippen molar-refractivity contribution in [2.45, 2.75) is 42.9 Å². The Bertz CT molecular complexity index is 1340. The first-order valence-corrected chi connectivity index (χ1v) is 12.1. The Balaban J connectivity index is 1.73. The monoisotopic (exact) mass is 474 g/mol. The van der Waals surface area contributed by atoms with Crippen LogP contribution in [0.25, 0.3) is 11.2 Å². The largest absolute Gasteiger partial charge is 0.454 e. The number of rotatable bonds is 6. The zero-order valence-electron chi connectivity index (χ0n) is 17.7. The van der Waals surface area contributed by atoms with Gasteiger partial charge in [0.05, 0.1) is 5.75 Å². The number of hydrogen-bond acceptors (Lipinski definition) is 9. The molecule has 1 aromatic carbocycles. The Morgan fingerprint density at radius 2 is 2.00 bits per heavy atom. The van der Waals surface area contributed by atoms with Crippen LogP contribution in [0.2, 0.25) is 0 Å². The third kappa shape index (κ3) is 4.59. The highest BCUT2D eigenvalue weighted by atomic mass is 32.2. The van der Waals surface area contributed by atoms with E-state index >= 15 is 0 Å². The average molecular weight is 475 g/mol. The Hall–Kier alpha value is -3.01. The van der Waals surface area contributed by atoms with E-state index in [1.807, 2.05) is 0 Å². The van der Waals surface area contributed by atoms with E-state index in [9.17, 15) is 8.42 Å². The van der Waals surface area contributed by atoms with E-state index in [-0.39, 0.29) is 24.9 Å². The second-order valence-electron chi connectivity index (χ2n) is 8.10. The number of hydrogen-bond donors (Lipinski definition) is 2. The number of nitrogens with one attached hydrogen (secondary N) is 1. The standard InChI is InChI=1S/C20H22N6O4S2/c1-5-12-8-13-14(30-11-29-13)9-15(12)31-19-24-16-17(21)22-10-23-18(16)26(19)6-7-32(27,28)25-20(2,3)4/h1,8-10,25H,6-7,11H2,2-4H3,(H2,21,22,23). The van der Waals surface area contributed by atoms with Crippen LogP contribution in [0, 0.1) is 12.3 Å². The fraction of sp³-hybridized carbons (Fsp3) is 0.350. The smallest absolute Gasteiger partial charge is 0.231 e. The predicted octanol–water partition coefficient (Wildman–Crippen LogP) is 1.99. The SMILES string of the molecule is C#Cc1cc2c(cc1Sc1nc3c(N)ncnc3n1CCS(=O)(=O)NC(C)(C)C)OCO2. The normalized spacial score (nSPS) is 13.4. The van der Waals surface area contributed by atoms with E-state index in [1.165, 1.54) is 18.1 Å². The van der Waals surface area contributed by atoms with Crippen molar-refractivity contribution >= 4 is 38.8 Å². The molecule has 0 amide bonds. The molecule has 168 valence electrons. The molecule has 12 heteroatoms. The van der Waals surface area contributed by atoms with E-state index < -0.39 is 15.6 Å². The van der Waals surface area contributed by atoms with Crippen molar-refractivity contribution in [1.82, 2.24) is 24.2 Å². The van der Waals surface area contributed by atoms with Crippen molar-refractivity contribution in [2.24, 2.45) is 0 Å². The van der Waals surface area contributed by atoms with Gasteiger partial charge in [-0.15, -0.1) is 6.42 Å². The van der Waals surface area contributed by atoms with Crippen LogP contribution in [0.5, 0.6) is 11.5 Å². The van der Waals surface area contributed by atoms with Crippen molar-refractivity contribution < 1.29 is 17.9 Å². The molecule has 4 rings (SSSR count). The zero-order chi connectivity index (χ0) is 23.1. The third-order valence-corrected chi connectivity index (χ3v) is 7.10. The molecule has 0 saturated carbocycles. The number of sulfonamides is 1. The molecule has 1 aliphatic rings. The van der Waals surface area contributed by atoms with Crippen LogP contribution in [0.15, 0.2) is 28.5 Å². The van der Waals surface area contributed by atoms with Gasteiger partial charge in [-0.1, -0.05) is 17.7 Å². The highest BCUT2D eigenvalue weighted by Crippen LogP contribution is 2.41. The molecular weight excluding hydrogens is 452 g/mol. The Morgan fingerprint density at radius 3 is 2.69 bits per heavy atom. The second kappa shape index (κ2) is 8.16. The maximum absolute atomic E-state index is 12.6. The van der Waals surface area contributed by atoms with Gasteiger partial charge >= 0.3 is 0 Å². The summed E-state index contributed by atoms with van der Waals surface area (Å²) < 4.78 is 40.4. The molecule has 32 heavy (non-hydrogen) atoms. The van der Waals surface area contributed by atoms with E-state index in [2.05, 4.69) is 25.6 Å². The first-order valence-electron chi connectivity index (χ1n) is 9.63. The number of terminal acetylenes is 1. The van der Waals surface area contributed by atoms with Gasteiger partial charge in [-0.25, -0.2) is 28.1 Å². The molecular formula is C20H22N6O4S2. The summed E-state index contributed by atoms with van der Waals surface area (Å²) >= 11 is 1.26. The summed E-state index contributed by atoms with van der Waals surface area (Å²) in [7, 11) is -3.56. The number of fused-ring (bicyclic) bond motifs is 2. The van der Waals surface area contributed by atoms with E-state index in [0.717, 1.165) is 0 Å². The van der Waals surface area contributed by atoms with Crippen LogP contribution in [0.1, 0.15) is 26.3 Å². The molecule has 0 unspecified atom stereocenters. The molecule has 3 aromatic rings. The molecule has 3 heterocycles. The van der Waals surface area contributed by atoms with Gasteiger partial charge in [0, 0.05) is 28.6 Å². The molecule has 2 aromatic heterocycles. The molecule has 3 N–H and O–H groups in total. The maximum atomic E-state index is 12.6. The second-order valence-corrected chi connectivity index (χ2v) is 10.9. The number of ether oxygens (including phenoxy) is 2. The van der Waals surface area contributed by atoms with Gasteiger partial charge in [0.15, 0.2) is 33.6 Å². The van der Waals surface area contributed by atoms with Gasteiger partial charge in [0.25, 0.3) is 0 Å². The topological polar surface area (TPSA) is 134 Å². The molecule has 0 atom stereocenters. The van der Waals surface area contributed by atoms with Crippen LogP contribution < -0.4 is 19.9 Å². The predicted molar refractivity (Wildman–Crippen MR) is 121 cm³/mol. The Morgan fingerprint density at radius 1 is 1.28 bits per heavy atom. The van der Waals surface area contributed by atoms with E-state index in [0.29, 0.717) is 38.3 Å². The summed E-state index contributed by atoms with van der Waals surface area (Å²) in [4.78, 5) is 13.5. The van der Waals surface area contributed by atoms with Crippen molar-refractivity contribution in [3.8, 4) is 23.8 Å². The minimum atomic E-state index is -3.56. The van der Waals surface area contributed by atoms with Gasteiger partial charge < -0.3 is 19.8 Å². The summed E-state index contributed by atoms with van der Waals surface area (Å²) in [6.07, 6.45) is 7.01. The minimum Gasteiger partial charge on any atom is -0.454 e. The van der Waals surface area contributed by atoms with E-state index in [4.69, 9.17) is 21.6 Å². The Labute approximate surface area is 190 Å². The molecule has 0 bridgehead atoms. The highest BCUT2D eigenvalue weighted by Gasteiger charge is 2.24. The lowest BCUT2D eigenvalue weighted by molar-refractivity contribution is 0.174. The number of benzene rings is 1. The van der Waals surface area contributed by atoms with Crippen molar-refractivity contribution in [3.63, 3.8) is 0 Å². The summed E-state index contributed by atoms with van der Waals surface area (Å²) in [6, 6.07) is 3.50. The zero-order valence-corrected chi connectivity index (χ0v) is 19.4. The number of imidazole rings is 1. The van der Waals surface area contributed by atoms with Gasteiger partial charge in [0.2, 0.25) is 16.8 Å². The van der Waals surface area contributed by atoms with Crippen LogP contribution in [-0.4, -0.2) is 46.0 Å². The van der Waals surface area contributed by atoms with Gasteiger partial charge in [0.1, 0.15) is 6.33 Å². The summed E-state index contributed by atoms with van der Waals surface area (Å²) in [5, 5.41) is 0.480. The quantitative estimate of drug-likeness (QED) is 0.514. The molecule has 0 aliphatic carbocycles. The number of anilines is 1. The highest BCUT2D eigenvalue weighted by molar-refractivity contribution is 7.99. The average Bonchev–Trinajstić information content (AvgIpc) is 3.28. The molecule has 0 spiro atoms. The minimum absolute atomic E-state index is 0.108. The van der Waals surface area contributed by atoms with Crippen LogP contribution in [-0.2, 0) is 16.6 Å². The van der Waals surface area contributed by atoms with Gasteiger partial charge in [-0.05, 0) is 26.8 Å². The first-order chi connectivity index (χ1) is 15.1. The van der Waals surface area contributed by atoms with Crippen molar-refractivity contribution in [1.29, 1.82) is 0 Å². The lowest BCUT2D eigenvalue weighted by Gasteiger charge is -2.20. The third-order valence-electron chi connectivity index (χ3n) is 4.40. The maximum Gasteiger partial charge on any atom is 0.231 e. The summed E-state index contributed by atoms with van der Waals surface area (Å²) in [5.74, 6) is 3.82. The molecule has 10 nitrogen and oxygen atoms in total. The van der Waals surface area contributed by atoms with Gasteiger partial charge in [-0.3, -0.25) is 0 Å². The van der Waals surface area contributed by atoms with Crippen molar-refractivity contribution in [3.05, 3.63) is 24.0 Å². The number of nitrogen functional groups attached to an aromatic ring is 1. The first kappa shape index (κ1) is 22.2. The lowest BCUT2D eigenvalue weighted by atomic mass is 10.1. The van der Waals surface area contributed by atoms with Crippen molar-refractivity contribution in [2.75, 3.05) is 18.3 Å². The summed E-state index contributed by atoms with van der Waals surface area (Å²) in [5.41, 5.74) is 6.83. The van der Waals surface area contributed by atoms with Crippen LogP contribution >= 0.6 is 11.8 Å². The number of aromatic nitrogens is 4. The molecule has 1 aliphatic heterocycles. The number of aryl methyl sites for hydroxylation is 1. The number of nitrogens with zero attached hydrogens (tertiary/aromatic N) is 4. The number of nitrogens with two attached hydrogens (primary N) is 1. The van der Waals surface area contributed by atoms with Crippen LogP contribution in [0.4, 0.5) is 5.82 Å². The van der Waals surface area contributed by atoms with Crippen LogP contribution in [0.3, 0.4) is 0 Å². The summed E-state index contributed by atoms with van der Waals surface area (Å²) in [6.45, 7) is 5.58. The molecule has 0 radical (unpaired) electrons. The molecule has 0 saturated heterocycles. The lowest BCUT2D eigenvalue weighted by Crippen LogP contribution is -2.42. The fourth-order valence-electron chi connectivity index (χ4n) is 3.16. The fourth-order valence-corrected chi connectivity index (χ4v) is 5.63.